The minimum Gasteiger partial charge on any atom is -0.497 e. The lowest BCUT2D eigenvalue weighted by Gasteiger charge is -2.17. The molecule has 0 aliphatic heterocycles. The largest absolute Gasteiger partial charge is 0.497 e. The van der Waals surface area contributed by atoms with Gasteiger partial charge in [-0.2, -0.15) is 0 Å². The molecular weight excluding hydrogens is 354 g/mol. The van der Waals surface area contributed by atoms with Crippen LogP contribution in [-0.4, -0.2) is 32.8 Å². The van der Waals surface area contributed by atoms with Crippen molar-refractivity contribution < 1.29 is 14.2 Å². The molecule has 0 saturated heterocycles. The molecule has 3 N–H and O–H groups in total. The smallest absolute Gasteiger partial charge is 0.193 e. The number of nitrogens with one attached hydrogen (secondary N) is 1. The van der Waals surface area contributed by atoms with Crippen LogP contribution in [0.25, 0.3) is 0 Å². The quantitative estimate of drug-likeness (QED) is 0.538. The summed E-state index contributed by atoms with van der Waals surface area (Å²) in [7, 11) is 3.19. The van der Waals surface area contributed by atoms with Crippen LogP contribution in [0.1, 0.15) is 13.3 Å². The van der Waals surface area contributed by atoms with E-state index >= 15 is 0 Å². The van der Waals surface area contributed by atoms with Crippen LogP contribution in [0.3, 0.4) is 0 Å². The van der Waals surface area contributed by atoms with Gasteiger partial charge in [-0.25, -0.2) is 4.99 Å². The topological polar surface area (TPSA) is 78.1 Å². The molecule has 0 bridgehead atoms. The van der Waals surface area contributed by atoms with Crippen molar-refractivity contribution in [1.29, 1.82) is 0 Å². The van der Waals surface area contributed by atoms with Crippen molar-refractivity contribution in [3.63, 3.8) is 0 Å². The first-order valence-electron chi connectivity index (χ1n) is 8.27. The second-order valence-electron chi connectivity index (χ2n) is 5.50. The molecule has 26 heavy (non-hydrogen) atoms. The summed E-state index contributed by atoms with van der Waals surface area (Å²) in [5.41, 5.74) is 6.68. The highest BCUT2D eigenvalue weighted by molar-refractivity contribution is 6.32. The summed E-state index contributed by atoms with van der Waals surface area (Å²) in [5.74, 6) is 2.23. The van der Waals surface area contributed by atoms with Crippen LogP contribution in [0.4, 0.5) is 5.69 Å². The van der Waals surface area contributed by atoms with E-state index in [9.17, 15) is 0 Å². The summed E-state index contributed by atoms with van der Waals surface area (Å²) in [6.45, 7) is 2.42. The zero-order valence-electron chi connectivity index (χ0n) is 15.2. The van der Waals surface area contributed by atoms with Gasteiger partial charge in [0.1, 0.15) is 23.4 Å². The van der Waals surface area contributed by atoms with Gasteiger partial charge in [0.2, 0.25) is 0 Å². The SMILES string of the molecule is CCC(CN=C(N)Nc1cc(OC)ccc1OC)Oc1ccccc1Cl. The second-order valence-corrected chi connectivity index (χ2v) is 5.90. The highest BCUT2D eigenvalue weighted by Crippen LogP contribution is 2.28. The number of ether oxygens (including phenoxy) is 3. The first kappa shape index (κ1) is 19.7. The average Bonchev–Trinajstić information content (AvgIpc) is 2.66. The van der Waals surface area contributed by atoms with Gasteiger partial charge in [0.05, 0.1) is 31.5 Å². The highest BCUT2D eigenvalue weighted by Gasteiger charge is 2.11. The zero-order valence-corrected chi connectivity index (χ0v) is 15.9. The van der Waals surface area contributed by atoms with Gasteiger partial charge in [-0.05, 0) is 30.7 Å². The van der Waals surface area contributed by atoms with Gasteiger partial charge in [0, 0.05) is 6.07 Å². The lowest BCUT2D eigenvalue weighted by molar-refractivity contribution is 0.206. The van der Waals surface area contributed by atoms with Crippen LogP contribution in [0.5, 0.6) is 17.2 Å². The molecule has 1 atom stereocenters. The van der Waals surface area contributed by atoms with Crippen LogP contribution < -0.4 is 25.3 Å². The molecule has 7 heteroatoms. The zero-order chi connectivity index (χ0) is 18.9. The van der Waals surface area contributed by atoms with Gasteiger partial charge < -0.3 is 25.3 Å². The molecule has 0 amide bonds. The first-order chi connectivity index (χ1) is 12.6. The van der Waals surface area contributed by atoms with Crippen LogP contribution >= 0.6 is 11.6 Å². The fraction of sp³-hybridized carbons (Fsp3) is 0.316. The molecule has 0 spiro atoms. The number of halogens is 1. The van der Waals surface area contributed by atoms with Crippen LogP contribution in [0, 0.1) is 0 Å². The molecule has 2 rings (SSSR count). The lowest BCUT2D eigenvalue weighted by Crippen LogP contribution is -2.27. The Bertz CT molecular complexity index is 753. The molecule has 1 unspecified atom stereocenters. The molecule has 0 saturated carbocycles. The summed E-state index contributed by atoms with van der Waals surface area (Å²) in [4.78, 5) is 4.37. The van der Waals surface area contributed by atoms with E-state index in [0.29, 0.717) is 34.5 Å². The van der Waals surface area contributed by atoms with Crippen LogP contribution in [-0.2, 0) is 0 Å². The van der Waals surface area contributed by atoms with Gasteiger partial charge in [-0.1, -0.05) is 30.7 Å². The second kappa shape index (κ2) is 9.77. The average molecular weight is 378 g/mol. The maximum Gasteiger partial charge on any atom is 0.193 e. The summed E-state index contributed by atoms with van der Waals surface area (Å²) in [6.07, 6.45) is 0.632. The minimum absolute atomic E-state index is 0.137. The monoisotopic (exact) mass is 377 g/mol. The van der Waals surface area contributed by atoms with Crippen molar-refractivity contribution in [2.75, 3.05) is 26.1 Å². The minimum atomic E-state index is -0.137. The number of benzene rings is 2. The van der Waals surface area contributed by atoms with E-state index in [2.05, 4.69) is 10.3 Å². The van der Waals surface area contributed by atoms with Crippen molar-refractivity contribution in [1.82, 2.24) is 0 Å². The molecule has 0 heterocycles. The summed E-state index contributed by atoms with van der Waals surface area (Å²) < 4.78 is 16.4. The third-order valence-corrected chi connectivity index (χ3v) is 4.03. The Kier molecular flexibility index (Phi) is 7.41. The van der Waals surface area contributed by atoms with Gasteiger partial charge >= 0.3 is 0 Å². The summed E-state index contributed by atoms with van der Waals surface area (Å²) in [5, 5.41) is 3.60. The molecule has 0 aromatic heterocycles. The van der Waals surface area contributed by atoms with E-state index in [-0.39, 0.29) is 12.1 Å². The van der Waals surface area contributed by atoms with E-state index in [1.807, 2.05) is 31.2 Å². The predicted molar refractivity (Wildman–Crippen MR) is 106 cm³/mol. The third kappa shape index (κ3) is 5.46. The number of nitrogens with two attached hydrogens (primary N) is 1. The molecule has 6 nitrogen and oxygen atoms in total. The van der Waals surface area contributed by atoms with E-state index < -0.39 is 0 Å². The molecule has 140 valence electrons. The number of methoxy groups -OCH3 is 2. The van der Waals surface area contributed by atoms with Crippen molar-refractivity contribution in [3.05, 3.63) is 47.5 Å². The van der Waals surface area contributed by atoms with Gasteiger partial charge in [0.15, 0.2) is 5.96 Å². The van der Waals surface area contributed by atoms with Crippen molar-refractivity contribution in [2.45, 2.75) is 19.4 Å². The number of anilines is 1. The Hall–Kier alpha value is -2.60. The fourth-order valence-electron chi connectivity index (χ4n) is 2.26. The number of guanidine groups is 1. The number of hydrogen-bond donors (Lipinski definition) is 2. The van der Waals surface area contributed by atoms with Crippen LogP contribution in [0.2, 0.25) is 5.02 Å². The van der Waals surface area contributed by atoms with Gasteiger partial charge in [-0.3, -0.25) is 0 Å². The third-order valence-electron chi connectivity index (χ3n) is 3.72. The van der Waals surface area contributed by atoms with Crippen molar-refractivity contribution in [2.24, 2.45) is 10.7 Å². The molecule has 0 aliphatic rings. The van der Waals surface area contributed by atoms with E-state index in [4.69, 9.17) is 31.5 Å². The Morgan fingerprint density at radius 1 is 1.15 bits per heavy atom. The van der Waals surface area contributed by atoms with E-state index in [0.717, 1.165) is 6.42 Å². The number of hydrogen-bond acceptors (Lipinski definition) is 4. The summed E-state index contributed by atoms with van der Waals surface area (Å²) in [6, 6.07) is 12.7. The van der Waals surface area contributed by atoms with Gasteiger partial charge in [0.25, 0.3) is 0 Å². The van der Waals surface area contributed by atoms with Crippen LogP contribution in [0.15, 0.2) is 47.5 Å². The van der Waals surface area contributed by atoms with E-state index in [1.165, 1.54) is 0 Å². The standard InChI is InChI=1S/C19H24ClN3O3/c1-4-13(26-17-8-6-5-7-15(17)20)12-22-19(21)23-16-11-14(24-2)9-10-18(16)25-3/h5-11,13H,4,12H2,1-3H3,(H3,21,22,23). The number of rotatable bonds is 8. The summed E-state index contributed by atoms with van der Waals surface area (Å²) >= 11 is 6.13. The normalized spacial score (nSPS) is 12.4. The Labute approximate surface area is 158 Å². The van der Waals surface area contributed by atoms with Gasteiger partial charge in [-0.15, -0.1) is 0 Å². The maximum atomic E-state index is 6.13. The Balaban J connectivity index is 2.03. The first-order valence-corrected chi connectivity index (χ1v) is 8.65. The number of nitrogens with zero attached hydrogens (tertiary/aromatic N) is 1. The predicted octanol–water partition coefficient (Wildman–Crippen LogP) is 3.94. The Morgan fingerprint density at radius 3 is 2.58 bits per heavy atom. The molecule has 0 radical (unpaired) electrons. The number of aliphatic imine (C=N–C) groups is 1. The molecule has 0 aliphatic carbocycles. The highest BCUT2D eigenvalue weighted by atomic mass is 35.5. The lowest BCUT2D eigenvalue weighted by atomic mass is 10.2. The van der Waals surface area contributed by atoms with Crippen molar-refractivity contribution in [3.8, 4) is 17.2 Å². The fourth-order valence-corrected chi connectivity index (χ4v) is 2.44. The number of para-hydroxylation sites is 1. The molecule has 2 aromatic rings. The maximum absolute atomic E-state index is 6.13. The van der Waals surface area contributed by atoms with Crippen molar-refractivity contribution >= 4 is 23.2 Å². The molecule has 2 aromatic carbocycles. The molecule has 0 fully saturated rings. The van der Waals surface area contributed by atoms with E-state index in [1.54, 1.807) is 32.4 Å². The molecular formula is C19H24ClN3O3. The Morgan fingerprint density at radius 2 is 1.92 bits per heavy atom.